The molecular weight excluding hydrogens is 215 g/mol. The van der Waals surface area contributed by atoms with Crippen LogP contribution in [0.2, 0.25) is 0 Å². The third-order valence-corrected chi connectivity index (χ3v) is 2.42. The van der Waals surface area contributed by atoms with Gasteiger partial charge in [0.2, 0.25) is 5.95 Å². The molecule has 2 N–H and O–H groups in total. The van der Waals surface area contributed by atoms with Crippen molar-refractivity contribution in [2.24, 2.45) is 0 Å². The fourth-order valence-corrected chi connectivity index (χ4v) is 1.75. The second-order valence-corrected chi connectivity index (χ2v) is 3.53. The quantitative estimate of drug-likeness (QED) is 0.758. The van der Waals surface area contributed by atoms with Gasteiger partial charge in [-0.3, -0.25) is 5.32 Å². The van der Waals surface area contributed by atoms with E-state index in [-0.39, 0.29) is 11.8 Å². The summed E-state index contributed by atoms with van der Waals surface area (Å²) in [5.41, 5.74) is 0.785. The summed E-state index contributed by atoms with van der Waals surface area (Å²) in [5, 5.41) is 10.8. The number of anilines is 1. The summed E-state index contributed by atoms with van der Waals surface area (Å²) >= 11 is 0. The number of amides is 1. The SMILES string of the molecule is O=C(O)Nc1cnc(F)cc1C1CCCO1. The standard InChI is InChI=1S/C10H11FN2O3/c11-9-4-6(8-2-1-3-16-8)7(5-12-9)13-10(14)15/h4-5,8,13H,1-3H2,(H,14,15). The van der Waals surface area contributed by atoms with Crippen LogP contribution in [0.15, 0.2) is 12.3 Å². The molecule has 1 aliphatic rings. The maximum atomic E-state index is 13.0. The van der Waals surface area contributed by atoms with Gasteiger partial charge < -0.3 is 9.84 Å². The van der Waals surface area contributed by atoms with Crippen molar-refractivity contribution in [2.75, 3.05) is 11.9 Å². The zero-order chi connectivity index (χ0) is 11.5. The van der Waals surface area contributed by atoms with Gasteiger partial charge in [-0.1, -0.05) is 0 Å². The first-order valence-corrected chi connectivity index (χ1v) is 4.94. The van der Waals surface area contributed by atoms with Crippen molar-refractivity contribution < 1.29 is 19.0 Å². The molecule has 0 saturated carbocycles. The fourth-order valence-electron chi connectivity index (χ4n) is 1.75. The minimum absolute atomic E-state index is 0.251. The number of hydrogen-bond donors (Lipinski definition) is 2. The lowest BCUT2D eigenvalue weighted by molar-refractivity contribution is 0.112. The van der Waals surface area contributed by atoms with E-state index in [2.05, 4.69) is 10.3 Å². The number of nitrogens with one attached hydrogen (secondary N) is 1. The molecule has 1 amide bonds. The predicted molar refractivity (Wildman–Crippen MR) is 53.8 cm³/mol. The molecule has 0 bridgehead atoms. The Hall–Kier alpha value is -1.69. The van der Waals surface area contributed by atoms with Crippen molar-refractivity contribution in [2.45, 2.75) is 18.9 Å². The summed E-state index contributed by atoms with van der Waals surface area (Å²) in [6.07, 6.45) is 1.37. The smallest absolute Gasteiger partial charge is 0.409 e. The monoisotopic (exact) mass is 226 g/mol. The summed E-state index contributed by atoms with van der Waals surface area (Å²) in [7, 11) is 0. The van der Waals surface area contributed by atoms with Crippen LogP contribution >= 0.6 is 0 Å². The van der Waals surface area contributed by atoms with Gasteiger partial charge in [-0.05, 0) is 12.8 Å². The van der Waals surface area contributed by atoms with Gasteiger partial charge in [0.1, 0.15) is 0 Å². The lowest BCUT2D eigenvalue weighted by Crippen LogP contribution is -2.12. The summed E-state index contributed by atoms with van der Waals surface area (Å²) in [4.78, 5) is 14.0. The Balaban J connectivity index is 2.31. The van der Waals surface area contributed by atoms with Crippen LogP contribution in [-0.2, 0) is 4.74 Å². The number of hydrogen-bond acceptors (Lipinski definition) is 3. The molecule has 6 heteroatoms. The number of aromatic nitrogens is 1. The molecule has 0 aliphatic carbocycles. The Kier molecular flexibility index (Phi) is 3.00. The number of carboxylic acid groups (broad SMARTS) is 1. The number of nitrogens with zero attached hydrogens (tertiary/aromatic N) is 1. The highest BCUT2D eigenvalue weighted by molar-refractivity contribution is 5.83. The Morgan fingerprint density at radius 2 is 2.50 bits per heavy atom. The third kappa shape index (κ3) is 2.27. The van der Waals surface area contributed by atoms with Crippen LogP contribution in [0.25, 0.3) is 0 Å². The minimum atomic E-state index is -1.20. The van der Waals surface area contributed by atoms with Gasteiger partial charge in [-0.15, -0.1) is 0 Å². The molecule has 1 unspecified atom stereocenters. The largest absolute Gasteiger partial charge is 0.465 e. The van der Waals surface area contributed by atoms with E-state index in [1.54, 1.807) is 0 Å². The maximum Gasteiger partial charge on any atom is 0.409 e. The molecule has 1 aromatic rings. The zero-order valence-electron chi connectivity index (χ0n) is 8.44. The van der Waals surface area contributed by atoms with E-state index in [1.165, 1.54) is 12.3 Å². The highest BCUT2D eigenvalue weighted by Gasteiger charge is 2.22. The maximum absolute atomic E-state index is 13.0. The Labute approximate surface area is 91.3 Å². The normalized spacial score (nSPS) is 19.7. The molecule has 86 valence electrons. The Bertz CT molecular complexity index is 405. The highest BCUT2D eigenvalue weighted by Crippen LogP contribution is 2.33. The van der Waals surface area contributed by atoms with Crippen LogP contribution in [-0.4, -0.2) is 22.8 Å². The van der Waals surface area contributed by atoms with Gasteiger partial charge in [0.25, 0.3) is 0 Å². The molecule has 1 aliphatic heterocycles. The summed E-state index contributed by atoms with van der Waals surface area (Å²) in [6, 6.07) is 1.21. The first kappa shape index (κ1) is 10.8. The average Bonchev–Trinajstić information content (AvgIpc) is 2.73. The van der Waals surface area contributed by atoms with Crippen molar-refractivity contribution >= 4 is 11.8 Å². The summed E-state index contributed by atoms with van der Waals surface area (Å²) in [6.45, 7) is 0.612. The van der Waals surface area contributed by atoms with Crippen LogP contribution in [0.5, 0.6) is 0 Å². The van der Waals surface area contributed by atoms with E-state index < -0.39 is 12.0 Å². The molecular formula is C10H11FN2O3. The zero-order valence-corrected chi connectivity index (χ0v) is 8.44. The topological polar surface area (TPSA) is 71.5 Å². The van der Waals surface area contributed by atoms with Gasteiger partial charge >= 0.3 is 6.09 Å². The molecule has 2 rings (SSSR count). The summed E-state index contributed by atoms with van der Waals surface area (Å²) < 4.78 is 18.4. The summed E-state index contributed by atoms with van der Waals surface area (Å²) in [5.74, 6) is -0.638. The first-order valence-electron chi connectivity index (χ1n) is 4.94. The second-order valence-electron chi connectivity index (χ2n) is 3.53. The van der Waals surface area contributed by atoms with Gasteiger partial charge in [-0.25, -0.2) is 9.78 Å². The van der Waals surface area contributed by atoms with E-state index in [1.807, 2.05) is 0 Å². The van der Waals surface area contributed by atoms with E-state index in [0.717, 1.165) is 12.8 Å². The number of ether oxygens (including phenoxy) is 1. The first-order chi connectivity index (χ1) is 7.66. The average molecular weight is 226 g/mol. The third-order valence-electron chi connectivity index (χ3n) is 2.42. The van der Waals surface area contributed by atoms with Gasteiger partial charge in [0, 0.05) is 18.2 Å². The van der Waals surface area contributed by atoms with E-state index in [0.29, 0.717) is 12.2 Å². The van der Waals surface area contributed by atoms with Crippen LogP contribution in [0.3, 0.4) is 0 Å². The molecule has 5 nitrogen and oxygen atoms in total. The van der Waals surface area contributed by atoms with E-state index in [9.17, 15) is 9.18 Å². The number of carbonyl (C=O) groups is 1. The molecule has 16 heavy (non-hydrogen) atoms. The molecule has 1 saturated heterocycles. The molecule has 0 spiro atoms. The number of halogens is 1. The molecule has 1 fully saturated rings. The van der Waals surface area contributed by atoms with Crippen LogP contribution in [0, 0.1) is 5.95 Å². The molecule has 0 radical (unpaired) electrons. The van der Waals surface area contributed by atoms with Crippen molar-refractivity contribution in [1.29, 1.82) is 0 Å². The van der Waals surface area contributed by atoms with E-state index >= 15 is 0 Å². The second kappa shape index (κ2) is 4.44. The lowest BCUT2D eigenvalue weighted by atomic mass is 10.1. The van der Waals surface area contributed by atoms with Crippen LogP contribution in [0.4, 0.5) is 14.9 Å². The molecule has 1 aromatic heterocycles. The van der Waals surface area contributed by atoms with Crippen LogP contribution in [0.1, 0.15) is 24.5 Å². The molecule has 0 aromatic carbocycles. The highest BCUT2D eigenvalue weighted by atomic mass is 19.1. The Morgan fingerprint density at radius 3 is 3.12 bits per heavy atom. The van der Waals surface area contributed by atoms with Crippen molar-refractivity contribution in [3.63, 3.8) is 0 Å². The van der Waals surface area contributed by atoms with Crippen molar-refractivity contribution in [3.8, 4) is 0 Å². The predicted octanol–water partition coefficient (Wildman–Crippen LogP) is 2.16. The number of pyridine rings is 1. The van der Waals surface area contributed by atoms with Gasteiger partial charge in [0.15, 0.2) is 0 Å². The van der Waals surface area contributed by atoms with Crippen molar-refractivity contribution in [3.05, 3.63) is 23.8 Å². The number of rotatable bonds is 2. The Morgan fingerprint density at radius 1 is 1.69 bits per heavy atom. The van der Waals surface area contributed by atoms with Crippen LogP contribution < -0.4 is 5.32 Å². The van der Waals surface area contributed by atoms with Gasteiger partial charge in [-0.2, -0.15) is 4.39 Å². The van der Waals surface area contributed by atoms with Gasteiger partial charge in [0.05, 0.1) is 18.0 Å². The molecule has 1 atom stereocenters. The van der Waals surface area contributed by atoms with Crippen molar-refractivity contribution in [1.82, 2.24) is 4.98 Å². The minimum Gasteiger partial charge on any atom is -0.465 e. The fraction of sp³-hybridized carbons (Fsp3) is 0.400. The lowest BCUT2D eigenvalue weighted by Gasteiger charge is -2.14. The van der Waals surface area contributed by atoms with E-state index in [4.69, 9.17) is 9.84 Å². The molecule has 2 heterocycles.